The first kappa shape index (κ1) is 15.7. The van der Waals surface area contributed by atoms with Crippen LogP contribution in [0.2, 0.25) is 0 Å². The SMILES string of the molecule is CCNCCC(=O)Nc1ccccc1S(=O)(=O)CC. The van der Waals surface area contributed by atoms with Crippen LogP contribution in [-0.2, 0) is 14.6 Å². The van der Waals surface area contributed by atoms with Crippen molar-refractivity contribution in [1.82, 2.24) is 5.32 Å². The van der Waals surface area contributed by atoms with E-state index in [9.17, 15) is 13.2 Å². The summed E-state index contributed by atoms with van der Waals surface area (Å²) < 4.78 is 23.8. The van der Waals surface area contributed by atoms with E-state index in [1.54, 1.807) is 25.1 Å². The molecule has 0 saturated heterocycles. The van der Waals surface area contributed by atoms with E-state index in [1.165, 1.54) is 6.07 Å². The first-order valence-electron chi connectivity index (χ1n) is 6.33. The minimum atomic E-state index is -3.33. The number of para-hydroxylation sites is 1. The van der Waals surface area contributed by atoms with Gasteiger partial charge < -0.3 is 10.6 Å². The van der Waals surface area contributed by atoms with Crippen LogP contribution in [0.25, 0.3) is 0 Å². The monoisotopic (exact) mass is 284 g/mol. The van der Waals surface area contributed by atoms with Gasteiger partial charge in [0.2, 0.25) is 5.91 Å². The van der Waals surface area contributed by atoms with Crippen LogP contribution in [-0.4, -0.2) is 33.2 Å². The quantitative estimate of drug-likeness (QED) is 0.743. The maximum Gasteiger partial charge on any atom is 0.225 e. The van der Waals surface area contributed by atoms with Crippen molar-refractivity contribution in [2.24, 2.45) is 0 Å². The zero-order valence-electron chi connectivity index (χ0n) is 11.3. The number of rotatable bonds is 7. The summed E-state index contributed by atoms with van der Waals surface area (Å²) in [6, 6.07) is 6.47. The molecule has 0 atom stereocenters. The summed E-state index contributed by atoms with van der Waals surface area (Å²) in [7, 11) is -3.33. The molecular formula is C13H20N2O3S. The van der Waals surface area contributed by atoms with Crippen LogP contribution in [0.3, 0.4) is 0 Å². The molecule has 0 aliphatic heterocycles. The highest BCUT2D eigenvalue weighted by molar-refractivity contribution is 7.91. The van der Waals surface area contributed by atoms with Crippen LogP contribution in [0.4, 0.5) is 5.69 Å². The minimum Gasteiger partial charge on any atom is -0.325 e. The highest BCUT2D eigenvalue weighted by Crippen LogP contribution is 2.21. The molecule has 106 valence electrons. The lowest BCUT2D eigenvalue weighted by Crippen LogP contribution is -2.22. The molecule has 0 unspecified atom stereocenters. The van der Waals surface area contributed by atoms with Gasteiger partial charge in [-0.15, -0.1) is 0 Å². The van der Waals surface area contributed by atoms with Gasteiger partial charge in [0.1, 0.15) is 0 Å². The summed E-state index contributed by atoms with van der Waals surface area (Å²) in [6.07, 6.45) is 0.314. The minimum absolute atomic E-state index is 0.0112. The fraction of sp³-hybridized carbons (Fsp3) is 0.462. The second-order valence-electron chi connectivity index (χ2n) is 4.05. The zero-order valence-corrected chi connectivity index (χ0v) is 12.1. The Labute approximate surface area is 114 Å². The first-order valence-corrected chi connectivity index (χ1v) is 7.98. The fourth-order valence-electron chi connectivity index (χ4n) is 1.59. The maximum atomic E-state index is 11.9. The van der Waals surface area contributed by atoms with Crippen LogP contribution >= 0.6 is 0 Å². The summed E-state index contributed by atoms with van der Waals surface area (Å²) in [5.74, 6) is -0.184. The number of hydrogen-bond acceptors (Lipinski definition) is 4. The van der Waals surface area contributed by atoms with Crippen LogP contribution in [0.1, 0.15) is 20.3 Å². The summed E-state index contributed by atoms with van der Waals surface area (Å²) >= 11 is 0. The number of amides is 1. The van der Waals surface area contributed by atoms with Gasteiger partial charge in [-0.25, -0.2) is 8.42 Å². The molecule has 1 aromatic rings. The van der Waals surface area contributed by atoms with E-state index in [1.807, 2.05) is 6.92 Å². The third kappa shape index (κ3) is 4.65. The van der Waals surface area contributed by atoms with Gasteiger partial charge in [-0.05, 0) is 18.7 Å². The van der Waals surface area contributed by atoms with Crippen LogP contribution in [0.5, 0.6) is 0 Å². The second kappa shape index (κ2) is 7.25. The number of carbonyl (C=O) groups excluding carboxylic acids is 1. The van der Waals surface area contributed by atoms with Gasteiger partial charge in [-0.2, -0.15) is 0 Å². The molecular weight excluding hydrogens is 264 g/mol. The molecule has 0 radical (unpaired) electrons. The number of carbonyl (C=O) groups is 1. The van der Waals surface area contributed by atoms with Gasteiger partial charge in [0.25, 0.3) is 0 Å². The molecule has 1 aromatic carbocycles. The van der Waals surface area contributed by atoms with E-state index < -0.39 is 9.84 Å². The van der Waals surface area contributed by atoms with Gasteiger partial charge in [0, 0.05) is 13.0 Å². The molecule has 1 rings (SSSR count). The third-order valence-electron chi connectivity index (χ3n) is 2.66. The lowest BCUT2D eigenvalue weighted by atomic mass is 10.3. The lowest BCUT2D eigenvalue weighted by molar-refractivity contribution is -0.116. The highest BCUT2D eigenvalue weighted by Gasteiger charge is 2.17. The average molecular weight is 284 g/mol. The maximum absolute atomic E-state index is 11.9. The smallest absolute Gasteiger partial charge is 0.225 e. The van der Waals surface area contributed by atoms with Crippen LogP contribution < -0.4 is 10.6 Å². The average Bonchev–Trinajstić information content (AvgIpc) is 2.39. The third-order valence-corrected chi connectivity index (χ3v) is 4.44. The predicted molar refractivity (Wildman–Crippen MR) is 76.0 cm³/mol. The number of nitrogens with one attached hydrogen (secondary N) is 2. The van der Waals surface area contributed by atoms with E-state index in [4.69, 9.17) is 0 Å². The molecule has 19 heavy (non-hydrogen) atoms. The topological polar surface area (TPSA) is 75.3 Å². The Morgan fingerprint density at radius 3 is 2.53 bits per heavy atom. The Bertz CT molecular complexity index is 526. The molecule has 0 aliphatic carbocycles. The van der Waals surface area contributed by atoms with E-state index >= 15 is 0 Å². The van der Waals surface area contributed by atoms with E-state index in [0.29, 0.717) is 18.7 Å². The van der Waals surface area contributed by atoms with Crippen molar-refractivity contribution < 1.29 is 13.2 Å². The molecule has 0 fully saturated rings. The Hall–Kier alpha value is -1.40. The van der Waals surface area contributed by atoms with Crippen molar-refractivity contribution in [2.45, 2.75) is 25.2 Å². The van der Waals surface area contributed by atoms with Gasteiger partial charge >= 0.3 is 0 Å². The molecule has 0 heterocycles. The van der Waals surface area contributed by atoms with E-state index in [-0.39, 0.29) is 16.6 Å². The standard InChI is InChI=1S/C13H20N2O3S/c1-3-14-10-9-13(16)15-11-7-5-6-8-12(11)19(17,18)4-2/h5-8,14H,3-4,9-10H2,1-2H3,(H,15,16). The Morgan fingerprint density at radius 1 is 1.21 bits per heavy atom. The van der Waals surface area contributed by atoms with Crippen molar-refractivity contribution in [3.8, 4) is 0 Å². The van der Waals surface area contributed by atoms with Crippen molar-refractivity contribution in [2.75, 3.05) is 24.2 Å². The molecule has 0 aromatic heterocycles. The molecule has 0 saturated carbocycles. The molecule has 1 amide bonds. The Morgan fingerprint density at radius 2 is 1.89 bits per heavy atom. The van der Waals surface area contributed by atoms with Gasteiger partial charge in [0.05, 0.1) is 16.3 Å². The fourth-order valence-corrected chi connectivity index (χ4v) is 2.64. The lowest BCUT2D eigenvalue weighted by Gasteiger charge is -2.10. The second-order valence-corrected chi connectivity index (χ2v) is 6.30. The summed E-state index contributed by atoms with van der Waals surface area (Å²) in [6.45, 7) is 4.92. The molecule has 5 nitrogen and oxygen atoms in total. The van der Waals surface area contributed by atoms with Crippen LogP contribution in [0.15, 0.2) is 29.2 Å². The number of benzene rings is 1. The van der Waals surface area contributed by atoms with Gasteiger partial charge in [0.15, 0.2) is 9.84 Å². The largest absolute Gasteiger partial charge is 0.325 e. The zero-order chi connectivity index (χ0) is 14.3. The van der Waals surface area contributed by atoms with Crippen molar-refractivity contribution in [3.05, 3.63) is 24.3 Å². The summed E-state index contributed by atoms with van der Waals surface area (Å²) in [4.78, 5) is 11.9. The van der Waals surface area contributed by atoms with Gasteiger partial charge in [-0.3, -0.25) is 4.79 Å². The van der Waals surface area contributed by atoms with Crippen molar-refractivity contribution in [1.29, 1.82) is 0 Å². The summed E-state index contributed by atoms with van der Waals surface area (Å²) in [5.41, 5.74) is 0.353. The van der Waals surface area contributed by atoms with E-state index in [0.717, 1.165) is 6.54 Å². The van der Waals surface area contributed by atoms with Crippen molar-refractivity contribution >= 4 is 21.4 Å². The predicted octanol–water partition coefficient (Wildman–Crippen LogP) is 1.42. The number of anilines is 1. The normalized spacial score (nSPS) is 11.3. The molecule has 6 heteroatoms. The Kier molecular flexibility index (Phi) is 5.98. The molecule has 2 N–H and O–H groups in total. The van der Waals surface area contributed by atoms with Crippen molar-refractivity contribution in [3.63, 3.8) is 0 Å². The van der Waals surface area contributed by atoms with E-state index in [2.05, 4.69) is 10.6 Å². The van der Waals surface area contributed by atoms with Crippen LogP contribution in [0, 0.1) is 0 Å². The highest BCUT2D eigenvalue weighted by atomic mass is 32.2. The molecule has 0 spiro atoms. The Balaban J connectivity index is 2.82. The number of hydrogen-bond donors (Lipinski definition) is 2. The molecule has 0 aliphatic rings. The summed E-state index contributed by atoms with van der Waals surface area (Å²) in [5, 5.41) is 5.69. The first-order chi connectivity index (χ1) is 9.01. The van der Waals surface area contributed by atoms with Gasteiger partial charge in [-0.1, -0.05) is 26.0 Å². The molecule has 0 bridgehead atoms. The number of sulfone groups is 1.